The second-order valence-electron chi connectivity index (χ2n) is 3.50. The van der Waals surface area contributed by atoms with Crippen LogP contribution in [0.4, 0.5) is 4.39 Å². The van der Waals surface area contributed by atoms with Gasteiger partial charge in [-0.25, -0.2) is 4.39 Å². The molecule has 0 aliphatic heterocycles. The molecule has 0 saturated heterocycles. The number of halogens is 1. The monoisotopic (exact) mass is 241 g/mol. The predicted octanol–water partition coefficient (Wildman–Crippen LogP) is 1.17. The number of benzene rings is 1. The fraction of sp³-hybridized carbons (Fsp3) is 0.273. The molecule has 0 fully saturated rings. The lowest BCUT2D eigenvalue weighted by Gasteiger charge is -2.15. The second kappa shape index (κ2) is 5.29. The first-order chi connectivity index (χ1) is 7.91. The molecule has 6 heteroatoms. The van der Waals surface area contributed by atoms with Crippen LogP contribution in [0.25, 0.3) is 0 Å². The number of aliphatic carboxylic acids is 1. The average Bonchev–Trinajstić information content (AvgIpc) is 2.15. The van der Waals surface area contributed by atoms with Crippen LogP contribution in [0.5, 0.6) is 5.75 Å². The molecule has 17 heavy (non-hydrogen) atoms. The van der Waals surface area contributed by atoms with Gasteiger partial charge in [-0.2, -0.15) is 0 Å². The van der Waals surface area contributed by atoms with E-state index in [0.717, 1.165) is 6.07 Å². The number of primary amides is 1. The normalized spacial score (nSPS) is 11.9. The number of hydrogen-bond acceptors (Lipinski definition) is 3. The van der Waals surface area contributed by atoms with E-state index in [1.807, 2.05) is 0 Å². The SMILES string of the molecule is C[C@@H](CC(=O)O)Oc1cccc(F)c1C(N)=O. The quantitative estimate of drug-likeness (QED) is 0.809. The molecule has 1 amide bonds. The van der Waals surface area contributed by atoms with Crippen LogP contribution in [0, 0.1) is 5.82 Å². The molecule has 0 aliphatic rings. The molecule has 1 atom stereocenters. The van der Waals surface area contributed by atoms with Crippen LogP contribution in [-0.4, -0.2) is 23.1 Å². The van der Waals surface area contributed by atoms with Crippen LogP contribution in [0.2, 0.25) is 0 Å². The summed E-state index contributed by atoms with van der Waals surface area (Å²) in [5.41, 5.74) is 4.65. The summed E-state index contributed by atoms with van der Waals surface area (Å²) in [6, 6.07) is 3.79. The van der Waals surface area contributed by atoms with Crippen LogP contribution in [0.3, 0.4) is 0 Å². The molecule has 1 rings (SSSR count). The maximum atomic E-state index is 13.3. The number of rotatable bonds is 5. The first-order valence-electron chi connectivity index (χ1n) is 4.88. The van der Waals surface area contributed by atoms with Gasteiger partial charge in [-0.1, -0.05) is 6.07 Å². The van der Waals surface area contributed by atoms with Crippen molar-refractivity contribution in [3.05, 3.63) is 29.6 Å². The minimum Gasteiger partial charge on any atom is -0.489 e. The lowest BCUT2D eigenvalue weighted by Crippen LogP contribution is -2.20. The molecule has 0 aromatic heterocycles. The molecule has 0 aliphatic carbocycles. The van der Waals surface area contributed by atoms with Crippen LogP contribution in [-0.2, 0) is 4.79 Å². The average molecular weight is 241 g/mol. The van der Waals surface area contributed by atoms with Crippen LogP contribution in [0.1, 0.15) is 23.7 Å². The Morgan fingerprint density at radius 1 is 1.53 bits per heavy atom. The van der Waals surface area contributed by atoms with Gasteiger partial charge in [-0.05, 0) is 19.1 Å². The van der Waals surface area contributed by atoms with E-state index < -0.39 is 23.8 Å². The maximum Gasteiger partial charge on any atom is 0.307 e. The first kappa shape index (κ1) is 13.0. The van der Waals surface area contributed by atoms with Crippen molar-refractivity contribution in [1.29, 1.82) is 0 Å². The van der Waals surface area contributed by atoms with Crippen LogP contribution in [0.15, 0.2) is 18.2 Å². The minimum absolute atomic E-state index is 0.0498. The van der Waals surface area contributed by atoms with E-state index in [1.54, 1.807) is 0 Å². The summed E-state index contributed by atoms with van der Waals surface area (Å²) in [5.74, 6) is -2.85. The Bertz CT molecular complexity index is 447. The van der Waals surface area contributed by atoms with Gasteiger partial charge in [0.2, 0.25) is 0 Å². The molecule has 0 unspecified atom stereocenters. The highest BCUT2D eigenvalue weighted by molar-refractivity contribution is 5.95. The standard InChI is InChI=1S/C11H12FNO4/c1-6(5-9(14)15)17-8-4-2-3-7(12)10(8)11(13)16/h2-4,6H,5H2,1H3,(H2,13,16)(H,14,15)/t6-/m0/s1. The Hall–Kier alpha value is -2.11. The van der Waals surface area contributed by atoms with E-state index in [9.17, 15) is 14.0 Å². The van der Waals surface area contributed by atoms with E-state index in [1.165, 1.54) is 19.1 Å². The summed E-state index contributed by atoms with van der Waals surface area (Å²) in [6.07, 6.45) is -0.943. The highest BCUT2D eigenvalue weighted by Crippen LogP contribution is 2.22. The third kappa shape index (κ3) is 3.44. The van der Waals surface area contributed by atoms with E-state index in [2.05, 4.69) is 0 Å². The summed E-state index contributed by atoms with van der Waals surface area (Å²) >= 11 is 0. The summed E-state index contributed by atoms with van der Waals surface area (Å²) in [4.78, 5) is 21.5. The summed E-state index contributed by atoms with van der Waals surface area (Å²) in [5, 5.41) is 8.55. The van der Waals surface area contributed by atoms with E-state index in [0.29, 0.717) is 0 Å². The van der Waals surface area contributed by atoms with Gasteiger partial charge in [0.05, 0.1) is 6.42 Å². The molecule has 3 N–H and O–H groups in total. The lowest BCUT2D eigenvalue weighted by atomic mass is 10.1. The Kier molecular flexibility index (Phi) is 4.03. The Morgan fingerprint density at radius 3 is 2.71 bits per heavy atom. The molecule has 0 heterocycles. The fourth-order valence-electron chi connectivity index (χ4n) is 1.35. The van der Waals surface area contributed by atoms with Crippen molar-refractivity contribution in [2.45, 2.75) is 19.4 Å². The van der Waals surface area contributed by atoms with Gasteiger partial charge in [0, 0.05) is 0 Å². The molecule has 5 nitrogen and oxygen atoms in total. The van der Waals surface area contributed by atoms with Crippen molar-refractivity contribution in [2.75, 3.05) is 0 Å². The summed E-state index contributed by atoms with van der Waals surface area (Å²) in [7, 11) is 0. The van der Waals surface area contributed by atoms with Gasteiger partial charge in [-0.15, -0.1) is 0 Å². The minimum atomic E-state index is -1.05. The number of amides is 1. The number of carbonyl (C=O) groups is 2. The second-order valence-corrected chi connectivity index (χ2v) is 3.50. The van der Waals surface area contributed by atoms with Gasteiger partial charge < -0.3 is 15.6 Å². The highest BCUT2D eigenvalue weighted by Gasteiger charge is 2.18. The molecule has 0 radical (unpaired) electrons. The molecule has 1 aromatic carbocycles. The highest BCUT2D eigenvalue weighted by atomic mass is 19.1. The van der Waals surface area contributed by atoms with Crippen LogP contribution >= 0.6 is 0 Å². The largest absolute Gasteiger partial charge is 0.489 e. The number of carboxylic acid groups (broad SMARTS) is 1. The number of carbonyl (C=O) groups excluding carboxylic acids is 1. The van der Waals surface area contributed by atoms with Crippen molar-refractivity contribution >= 4 is 11.9 Å². The van der Waals surface area contributed by atoms with Gasteiger partial charge >= 0.3 is 5.97 Å². The van der Waals surface area contributed by atoms with Crippen molar-refractivity contribution in [3.63, 3.8) is 0 Å². The molecule has 0 bridgehead atoms. The number of carboxylic acids is 1. The van der Waals surface area contributed by atoms with E-state index >= 15 is 0 Å². The maximum absolute atomic E-state index is 13.3. The van der Waals surface area contributed by atoms with Crippen molar-refractivity contribution in [2.24, 2.45) is 5.73 Å². The van der Waals surface area contributed by atoms with Crippen molar-refractivity contribution < 1.29 is 23.8 Å². The molecular formula is C11H12FNO4. The topological polar surface area (TPSA) is 89.6 Å². The van der Waals surface area contributed by atoms with Crippen LogP contribution < -0.4 is 10.5 Å². The summed E-state index contributed by atoms with van der Waals surface area (Å²) in [6.45, 7) is 1.50. The molecule has 0 spiro atoms. The zero-order valence-corrected chi connectivity index (χ0v) is 9.14. The first-order valence-corrected chi connectivity index (χ1v) is 4.88. The third-order valence-corrected chi connectivity index (χ3v) is 2.01. The Balaban J connectivity index is 2.94. The molecule has 92 valence electrons. The predicted molar refractivity (Wildman–Crippen MR) is 57.3 cm³/mol. The lowest BCUT2D eigenvalue weighted by molar-refractivity contribution is -0.138. The Morgan fingerprint density at radius 2 is 2.18 bits per heavy atom. The number of hydrogen-bond donors (Lipinski definition) is 2. The third-order valence-electron chi connectivity index (χ3n) is 2.01. The van der Waals surface area contributed by atoms with E-state index in [4.69, 9.17) is 15.6 Å². The van der Waals surface area contributed by atoms with Gasteiger partial charge in [0.15, 0.2) is 0 Å². The molecular weight excluding hydrogens is 229 g/mol. The number of nitrogens with two attached hydrogens (primary N) is 1. The van der Waals surface area contributed by atoms with Gasteiger partial charge in [-0.3, -0.25) is 9.59 Å². The fourth-order valence-corrected chi connectivity index (χ4v) is 1.35. The number of ether oxygens (including phenoxy) is 1. The molecule has 1 aromatic rings. The van der Waals surface area contributed by atoms with Crippen molar-refractivity contribution in [1.82, 2.24) is 0 Å². The zero-order chi connectivity index (χ0) is 13.0. The smallest absolute Gasteiger partial charge is 0.307 e. The summed E-state index contributed by atoms with van der Waals surface area (Å²) < 4.78 is 18.5. The molecule has 0 saturated carbocycles. The van der Waals surface area contributed by atoms with E-state index in [-0.39, 0.29) is 17.7 Å². The van der Waals surface area contributed by atoms with Gasteiger partial charge in [0.1, 0.15) is 23.2 Å². The zero-order valence-electron chi connectivity index (χ0n) is 9.14. The van der Waals surface area contributed by atoms with Crippen molar-refractivity contribution in [3.8, 4) is 5.75 Å². The van der Waals surface area contributed by atoms with Gasteiger partial charge in [0.25, 0.3) is 5.91 Å². The Labute approximate surface area is 97.0 Å².